The number of unbranched alkanes of at least 4 members (excludes halogenated alkanes) is 26. The van der Waals surface area contributed by atoms with Gasteiger partial charge in [0.05, 0.1) is 36.3 Å². The van der Waals surface area contributed by atoms with Gasteiger partial charge in [-0.15, -0.1) is 13.2 Å². The van der Waals surface area contributed by atoms with Crippen LogP contribution in [-0.4, -0.2) is 61.0 Å². The molecule has 4 radical (unpaired) electrons. The van der Waals surface area contributed by atoms with Crippen molar-refractivity contribution < 1.29 is 38.9 Å². The molecule has 0 saturated heterocycles. The molecule has 2 rings (SSSR count). The molecule has 0 N–H and O–H groups in total. The van der Waals surface area contributed by atoms with E-state index in [1.165, 1.54) is 153 Å². The molecule has 65 heavy (non-hydrogen) atoms. The van der Waals surface area contributed by atoms with Crippen LogP contribution < -0.4 is 10.2 Å². The number of hydrogen-bond donors (Lipinski definition) is 0. The quantitative estimate of drug-likeness (QED) is 0.0285. The number of carbonyl (C=O) groups excluding carboxylic acids is 4. The van der Waals surface area contributed by atoms with Crippen LogP contribution in [0.15, 0.2) is 73.8 Å². The molecule has 0 fully saturated rings. The maximum atomic E-state index is 11.9. The molecule has 0 atom stereocenters. The van der Waals surface area contributed by atoms with Crippen molar-refractivity contribution in [3.8, 4) is 0 Å². The van der Waals surface area contributed by atoms with E-state index in [9.17, 15) is 29.4 Å². The molecule has 9 heteroatoms. The number of ether oxygens (including phenoxy) is 2. The Hall–Kier alpha value is -3.40. The normalized spacial score (nSPS) is 10.0. The number of rotatable bonds is 36. The van der Waals surface area contributed by atoms with E-state index in [1.807, 2.05) is 12.2 Å². The van der Waals surface area contributed by atoms with Crippen molar-refractivity contribution in [2.75, 3.05) is 13.2 Å². The second-order valence-electron chi connectivity index (χ2n) is 16.3. The van der Waals surface area contributed by atoms with Crippen molar-refractivity contribution in [1.82, 2.24) is 0 Å². The van der Waals surface area contributed by atoms with E-state index in [-0.39, 0.29) is 46.2 Å². The maximum absolute atomic E-state index is 11.9. The molecule has 0 saturated carbocycles. The second kappa shape index (κ2) is 51.6. The van der Waals surface area contributed by atoms with E-state index in [4.69, 9.17) is 9.47 Å². The molecule has 0 spiro atoms. The summed E-state index contributed by atoms with van der Waals surface area (Å²) in [6.07, 6.45) is 40.4. The summed E-state index contributed by atoms with van der Waals surface area (Å²) in [5, 5.41) is 21.9. The SMILES string of the molecule is C=CCCCCCCCCCCOC(=O)c1ccccc1C(=O)[O-].C=CCCCCCCCCCCOC(=O)c1ccccc1C(=O)[O-].[CH2]CCCCCCC.[CH2]CCCCCCC.[Sn+2]. The van der Waals surface area contributed by atoms with Crippen molar-refractivity contribution in [2.45, 2.75) is 206 Å². The number of carbonyl (C=O) groups is 4. The van der Waals surface area contributed by atoms with Gasteiger partial charge in [-0.05, 0) is 50.7 Å². The number of aromatic carboxylic acids is 2. The summed E-state index contributed by atoms with van der Waals surface area (Å²) < 4.78 is 10.3. The van der Waals surface area contributed by atoms with Crippen molar-refractivity contribution in [3.63, 3.8) is 0 Å². The third-order valence-electron chi connectivity index (χ3n) is 10.5. The Morgan fingerprint density at radius 1 is 0.431 bits per heavy atom. The molecular formula is C56H88O8Sn. The summed E-state index contributed by atoms with van der Waals surface area (Å²) in [4.78, 5) is 45.7. The van der Waals surface area contributed by atoms with Crippen molar-refractivity contribution in [3.05, 3.63) is 110 Å². The van der Waals surface area contributed by atoms with Gasteiger partial charge in [0.15, 0.2) is 0 Å². The summed E-state index contributed by atoms with van der Waals surface area (Å²) in [5.41, 5.74) is -0.146. The van der Waals surface area contributed by atoms with Gasteiger partial charge in [-0.1, -0.05) is 230 Å². The molecule has 0 heterocycles. The Morgan fingerprint density at radius 3 is 0.969 bits per heavy atom. The predicted molar refractivity (Wildman–Crippen MR) is 269 cm³/mol. The first kappa shape index (κ1) is 65.9. The zero-order valence-electron chi connectivity index (χ0n) is 41.0. The van der Waals surface area contributed by atoms with E-state index in [1.54, 1.807) is 24.3 Å². The smallest absolute Gasteiger partial charge is 0.545 e. The van der Waals surface area contributed by atoms with Gasteiger partial charge in [0.25, 0.3) is 0 Å². The molecule has 2 aromatic carbocycles. The third-order valence-corrected chi connectivity index (χ3v) is 10.5. The average molecular weight is 1010 g/mol. The Morgan fingerprint density at radius 2 is 0.692 bits per heavy atom. The number of hydrogen-bond acceptors (Lipinski definition) is 8. The monoisotopic (exact) mass is 1010 g/mol. The van der Waals surface area contributed by atoms with Crippen LogP contribution in [0.2, 0.25) is 0 Å². The second-order valence-corrected chi connectivity index (χ2v) is 16.3. The van der Waals surface area contributed by atoms with Crippen LogP contribution in [0, 0.1) is 13.8 Å². The van der Waals surface area contributed by atoms with Gasteiger partial charge in [-0.3, -0.25) is 0 Å². The van der Waals surface area contributed by atoms with Crippen molar-refractivity contribution >= 4 is 47.8 Å². The molecule has 8 nitrogen and oxygen atoms in total. The molecule has 0 bridgehead atoms. The van der Waals surface area contributed by atoms with E-state index >= 15 is 0 Å². The summed E-state index contributed by atoms with van der Waals surface area (Å²) in [5.74, 6) is -3.93. The van der Waals surface area contributed by atoms with Crippen LogP contribution in [0.1, 0.15) is 248 Å². The summed E-state index contributed by atoms with van der Waals surface area (Å²) >= 11 is 0. The maximum Gasteiger partial charge on any atom is 2.00 e. The largest absolute Gasteiger partial charge is 2.00 e. The first-order valence-electron chi connectivity index (χ1n) is 24.9. The van der Waals surface area contributed by atoms with Crippen molar-refractivity contribution in [2.24, 2.45) is 0 Å². The third kappa shape index (κ3) is 41.7. The Bertz CT molecular complexity index is 1320. The topological polar surface area (TPSA) is 133 Å². The molecule has 2 aromatic rings. The van der Waals surface area contributed by atoms with Gasteiger partial charge in [0.1, 0.15) is 0 Å². The van der Waals surface area contributed by atoms with Gasteiger partial charge < -0.3 is 29.3 Å². The Balaban J connectivity index is -0.000000878. The van der Waals surface area contributed by atoms with Gasteiger partial charge >= 0.3 is 35.8 Å². The number of benzene rings is 2. The van der Waals surface area contributed by atoms with Crippen LogP contribution in [-0.2, 0) is 9.47 Å². The summed E-state index contributed by atoms with van der Waals surface area (Å²) in [7, 11) is 0. The fourth-order valence-corrected chi connectivity index (χ4v) is 6.63. The predicted octanol–water partition coefficient (Wildman–Crippen LogP) is 13.8. The molecular weight excluding hydrogens is 919 g/mol. The minimum Gasteiger partial charge on any atom is -0.545 e. The summed E-state index contributed by atoms with van der Waals surface area (Å²) in [6, 6.07) is 11.9. The number of carboxylic acid groups (broad SMARTS) is 2. The fourth-order valence-electron chi connectivity index (χ4n) is 6.63. The van der Waals surface area contributed by atoms with Gasteiger partial charge in [0.2, 0.25) is 0 Å². The van der Waals surface area contributed by atoms with Crippen LogP contribution in [0.5, 0.6) is 0 Å². The van der Waals surface area contributed by atoms with Crippen LogP contribution in [0.3, 0.4) is 0 Å². The first-order valence-corrected chi connectivity index (χ1v) is 24.9. The minimum absolute atomic E-state index is 0. The van der Waals surface area contributed by atoms with Gasteiger partial charge in [-0.25, -0.2) is 9.59 Å². The molecule has 0 amide bonds. The zero-order chi connectivity index (χ0) is 47.7. The minimum atomic E-state index is -1.37. The van der Waals surface area contributed by atoms with Crippen LogP contribution in [0.25, 0.3) is 0 Å². The van der Waals surface area contributed by atoms with Crippen LogP contribution >= 0.6 is 0 Å². The van der Waals surface area contributed by atoms with Gasteiger partial charge in [-0.2, -0.15) is 0 Å². The first-order chi connectivity index (χ1) is 31.2. The Labute approximate surface area is 414 Å². The standard InChI is InChI=1S/2C20H28O4.2C8H17.Sn/c2*1-2-3-4-5-6-7-8-9-10-13-16-24-20(23)18-15-12-11-14-17(18)19(21)22;2*1-3-5-7-8-6-4-2;/h2*2,11-12,14-15H,1,3-10,13,16H2,(H,21,22);2*1,3-8H2,2H3;/q;;;;+2/p-2. The Kier molecular flexibility index (Phi) is 52.3. The fraction of sp³-hybridized carbons (Fsp3) is 0.607. The van der Waals surface area contributed by atoms with E-state index < -0.39 is 23.9 Å². The molecule has 364 valence electrons. The summed E-state index contributed by atoms with van der Waals surface area (Å²) in [6.45, 7) is 20.1. The van der Waals surface area contributed by atoms with E-state index in [0.717, 1.165) is 64.2 Å². The zero-order valence-corrected chi connectivity index (χ0v) is 43.8. The number of allylic oxidation sites excluding steroid dienone is 2. The molecule has 0 aliphatic rings. The van der Waals surface area contributed by atoms with Gasteiger partial charge in [0, 0.05) is 11.1 Å². The molecule has 0 aliphatic carbocycles. The molecule has 0 aromatic heterocycles. The van der Waals surface area contributed by atoms with Crippen molar-refractivity contribution in [1.29, 1.82) is 0 Å². The van der Waals surface area contributed by atoms with E-state index in [2.05, 4.69) is 40.9 Å². The van der Waals surface area contributed by atoms with Crippen LogP contribution in [0.4, 0.5) is 0 Å². The average Bonchev–Trinajstić information content (AvgIpc) is 3.30. The number of carboxylic acids is 2. The molecule has 0 unspecified atom stereocenters. The molecule has 0 aliphatic heterocycles. The number of esters is 2. The van der Waals surface area contributed by atoms with E-state index in [0.29, 0.717) is 13.2 Å².